The zero-order valence-corrected chi connectivity index (χ0v) is 9.69. The number of rotatable bonds is 4. The molecule has 1 heterocycles. The summed E-state index contributed by atoms with van der Waals surface area (Å²) in [6, 6.07) is 6.82. The smallest absolute Gasteiger partial charge is 0.335 e. The molecule has 2 rings (SSSR count). The first kappa shape index (κ1) is 11.9. The van der Waals surface area contributed by atoms with Gasteiger partial charge in [0.05, 0.1) is 12.2 Å². The number of hydrogen-bond donors (Lipinski definition) is 2. The van der Waals surface area contributed by atoms with E-state index < -0.39 is 5.97 Å². The minimum absolute atomic E-state index is 0.316. The zero-order valence-electron chi connectivity index (χ0n) is 9.69. The standard InChI is InChI=1S/C13H17NO3/c15-13(16)11-3-5-12(6-4-11)14-8-10-2-1-7-17-9-10/h3-6,10,14H,1-2,7-9H2,(H,15,16). The van der Waals surface area contributed by atoms with Crippen LogP contribution in [-0.4, -0.2) is 30.8 Å². The molecule has 0 aromatic heterocycles. The third-order valence-corrected chi connectivity index (χ3v) is 2.98. The maximum absolute atomic E-state index is 10.7. The van der Waals surface area contributed by atoms with Crippen molar-refractivity contribution in [1.29, 1.82) is 0 Å². The van der Waals surface area contributed by atoms with Crippen molar-refractivity contribution in [2.24, 2.45) is 5.92 Å². The molecule has 0 amide bonds. The van der Waals surface area contributed by atoms with E-state index >= 15 is 0 Å². The summed E-state index contributed by atoms with van der Waals surface area (Å²) in [5, 5.41) is 12.1. The van der Waals surface area contributed by atoms with Crippen molar-refractivity contribution in [2.75, 3.05) is 25.1 Å². The van der Waals surface area contributed by atoms with E-state index in [2.05, 4.69) is 5.32 Å². The van der Waals surface area contributed by atoms with E-state index in [4.69, 9.17) is 9.84 Å². The number of benzene rings is 1. The van der Waals surface area contributed by atoms with Crippen molar-refractivity contribution >= 4 is 11.7 Å². The number of carboxylic acids is 1. The second-order valence-electron chi connectivity index (χ2n) is 4.35. The van der Waals surface area contributed by atoms with Gasteiger partial charge >= 0.3 is 5.97 Å². The molecule has 17 heavy (non-hydrogen) atoms. The highest BCUT2D eigenvalue weighted by atomic mass is 16.5. The average Bonchev–Trinajstić information content (AvgIpc) is 2.38. The van der Waals surface area contributed by atoms with Crippen LogP contribution in [0.5, 0.6) is 0 Å². The Morgan fingerprint density at radius 3 is 2.76 bits per heavy atom. The minimum Gasteiger partial charge on any atom is -0.478 e. The van der Waals surface area contributed by atoms with Gasteiger partial charge in [0, 0.05) is 18.8 Å². The van der Waals surface area contributed by atoms with Crippen LogP contribution >= 0.6 is 0 Å². The Balaban J connectivity index is 1.84. The minimum atomic E-state index is -0.891. The van der Waals surface area contributed by atoms with E-state index in [1.807, 2.05) is 0 Å². The van der Waals surface area contributed by atoms with Crippen molar-refractivity contribution in [3.05, 3.63) is 29.8 Å². The van der Waals surface area contributed by atoms with Crippen LogP contribution in [0.1, 0.15) is 23.2 Å². The molecule has 1 saturated heterocycles. The maximum atomic E-state index is 10.7. The Morgan fingerprint density at radius 1 is 1.41 bits per heavy atom. The monoisotopic (exact) mass is 235 g/mol. The highest BCUT2D eigenvalue weighted by Gasteiger charge is 2.13. The summed E-state index contributed by atoms with van der Waals surface area (Å²) in [7, 11) is 0. The summed E-state index contributed by atoms with van der Waals surface area (Å²) in [4.78, 5) is 10.7. The Bertz CT molecular complexity index is 369. The molecule has 0 bridgehead atoms. The van der Waals surface area contributed by atoms with Crippen LogP contribution in [0.3, 0.4) is 0 Å². The van der Waals surface area contributed by atoms with Crippen LogP contribution in [0.25, 0.3) is 0 Å². The van der Waals surface area contributed by atoms with E-state index in [9.17, 15) is 4.79 Å². The lowest BCUT2D eigenvalue weighted by atomic mass is 10.0. The van der Waals surface area contributed by atoms with Crippen LogP contribution in [0.2, 0.25) is 0 Å². The summed E-state index contributed by atoms with van der Waals surface area (Å²) < 4.78 is 5.40. The Kier molecular flexibility index (Phi) is 3.98. The number of hydrogen-bond acceptors (Lipinski definition) is 3. The first-order valence-corrected chi connectivity index (χ1v) is 5.90. The molecule has 1 aromatic rings. The summed E-state index contributed by atoms with van der Waals surface area (Å²) in [5.41, 5.74) is 1.28. The second kappa shape index (κ2) is 5.68. The molecule has 0 spiro atoms. The fraction of sp³-hybridized carbons (Fsp3) is 0.462. The normalized spacial score (nSPS) is 19.9. The summed E-state index contributed by atoms with van der Waals surface area (Å²) in [6.07, 6.45) is 2.32. The van der Waals surface area contributed by atoms with E-state index in [-0.39, 0.29) is 0 Å². The average molecular weight is 235 g/mol. The first-order valence-electron chi connectivity index (χ1n) is 5.90. The van der Waals surface area contributed by atoms with Gasteiger partial charge in [-0.3, -0.25) is 0 Å². The maximum Gasteiger partial charge on any atom is 0.335 e. The Hall–Kier alpha value is -1.55. The van der Waals surface area contributed by atoms with Crippen LogP contribution in [0.15, 0.2) is 24.3 Å². The number of carbonyl (C=O) groups is 1. The van der Waals surface area contributed by atoms with Crippen molar-refractivity contribution in [1.82, 2.24) is 0 Å². The molecule has 4 heteroatoms. The number of ether oxygens (including phenoxy) is 1. The lowest BCUT2D eigenvalue weighted by molar-refractivity contribution is 0.0595. The van der Waals surface area contributed by atoms with E-state index in [1.165, 1.54) is 6.42 Å². The largest absolute Gasteiger partial charge is 0.478 e. The number of anilines is 1. The molecular formula is C13H17NO3. The molecule has 1 fully saturated rings. The SMILES string of the molecule is O=C(O)c1ccc(NCC2CCCOC2)cc1. The second-order valence-corrected chi connectivity index (χ2v) is 4.35. The number of carboxylic acid groups (broad SMARTS) is 1. The van der Waals surface area contributed by atoms with E-state index in [1.54, 1.807) is 24.3 Å². The van der Waals surface area contributed by atoms with Gasteiger partial charge in [-0.05, 0) is 43.0 Å². The number of aromatic carboxylic acids is 1. The molecule has 1 atom stereocenters. The van der Waals surface area contributed by atoms with Crippen LogP contribution in [0.4, 0.5) is 5.69 Å². The molecular weight excluding hydrogens is 218 g/mol. The van der Waals surface area contributed by atoms with Crippen molar-refractivity contribution in [3.8, 4) is 0 Å². The van der Waals surface area contributed by atoms with E-state index in [0.717, 1.165) is 31.9 Å². The molecule has 1 aliphatic rings. The summed E-state index contributed by atoms with van der Waals surface area (Å²) in [6.45, 7) is 2.58. The first-order chi connectivity index (χ1) is 8.25. The van der Waals surface area contributed by atoms with Crippen LogP contribution in [0, 0.1) is 5.92 Å². The predicted molar refractivity (Wildman–Crippen MR) is 65.4 cm³/mol. The fourth-order valence-corrected chi connectivity index (χ4v) is 1.96. The number of nitrogens with one attached hydrogen (secondary N) is 1. The van der Waals surface area contributed by atoms with Crippen molar-refractivity contribution in [3.63, 3.8) is 0 Å². The zero-order chi connectivity index (χ0) is 12.1. The van der Waals surface area contributed by atoms with Crippen molar-refractivity contribution < 1.29 is 14.6 Å². The summed E-state index contributed by atoms with van der Waals surface area (Å²) in [5.74, 6) is -0.333. The Labute approximate surface area is 101 Å². The molecule has 2 N–H and O–H groups in total. The highest BCUT2D eigenvalue weighted by molar-refractivity contribution is 5.87. The molecule has 1 unspecified atom stereocenters. The quantitative estimate of drug-likeness (QED) is 0.840. The molecule has 1 aromatic carbocycles. The highest BCUT2D eigenvalue weighted by Crippen LogP contribution is 2.15. The lowest BCUT2D eigenvalue weighted by Crippen LogP contribution is -2.24. The third kappa shape index (κ3) is 3.46. The van der Waals surface area contributed by atoms with E-state index in [0.29, 0.717) is 11.5 Å². The van der Waals surface area contributed by atoms with Gasteiger partial charge in [-0.15, -0.1) is 0 Å². The fourth-order valence-electron chi connectivity index (χ4n) is 1.96. The van der Waals surface area contributed by atoms with Gasteiger partial charge in [0.15, 0.2) is 0 Å². The molecule has 0 saturated carbocycles. The van der Waals surface area contributed by atoms with Crippen molar-refractivity contribution in [2.45, 2.75) is 12.8 Å². The molecule has 0 aliphatic carbocycles. The molecule has 0 radical (unpaired) electrons. The molecule has 92 valence electrons. The Morgan fingerprint density at radius 2 is 2.18 bits per heavy atom. The van der Waals surface area contributed by atoms with Gasteiger partial charge in [0.2, 0.25) is 0 Å². The van der Waals surface area contributed by atoms with Gasteiger partial charge in [0.25, 0.3) is 0 Å². The molecule has 1 aliphatic heterocycles. The van der Waals surface area contributed by atoms with Crippen LogP contribution < -0.4 is 5.32 Å². The van der Waals surface area contributed by atoms with Gasteiger partial charge in [-0.2, -0.15) is 0 Å². The lowest BCUT2D eigenvalue weighted by Gasteiger charge is -2.22. The van der Waals surface area contributed by atoms with Gasteiger partial charge in [-0.1, -0.05) is 0 Å². The predicted octanol–water partition coefficient (Wildman–Crippen LogP) is 2.22. The topological polar surface area (TPSA) is 58.6 Å². The van der Waals surface area contributed by atoms with Crippen LogP contribution in [-0.2, 0) is 4.74 Å². The van der Waals surface area contributed by atoms with Gasteiger partial charge in [-0.25, -0.2) is 4.79 Å². The van der Waals surface area contributed by atoms with Gasteiger partial charge < -0.3 is 15.2 Å². The van der Waals surface area contributed by atoms with Gasteiger partial charge in [0.1, 0.15) is 0 Å². The third-order valence-electron chi connectivity index (χ3n) is 2.98. The molecule has 4 nitrogen and oxygen atoms in total. The summed E-state index contributed by atoms with van der Waals surface area (Å²) >= 11 is 0.